The van der Waals surface area contributed by atoms with Crippen LogP contribution < -0.4 is 9.64 Å². The number of morpholine rings is 1. The predicted octanol–water partition coefficient (Wildman–Crippen LogP) is 1.67. The van der Waals surface area contributed by atoms with Crippen LogP contribution in [0.3, 0.4) is 0 Å². The van der Waals surface area contributed by atoms with E-state index in [9.17, 15) is 0 Å². The van der Waals surface area contributed by atoms with Crippen LogP contribution in [0.2, 0.25) is 0 Å². The monoisotopic (exact) mass is 205 g/mol. The zero-order valence-electron chi connectivity index (χ0n) is 8.85. The molecule has 2 heterocycles. The molecule has 0 aromatic heterocycles. The lowest BCUT2D eigenvalue weighted by atomic mass is 10.2. The summed E-state index contributed by atoms with van der Waals surface area (Å²) in [5.74, 6) is 0.916. The molecule has 2 unspecified atom stereocenters. The third-order valence-electron chi connectivity index (χ3n) is 3.30. The Balaban J connectivity index is 1.81. The highest BCUT2D eigenvalue weighted by molar-refractivity contribution is 5.51. The van der Waals surface area contributed by atoms with Crippen molar-refractivity contribution in [1.29, 1.82) is 0 Å². The molecule has 0 spiro atoms. The van der Waals surface area contributed by atoms with E-state index < -0.39 is 0 Å². The van der Waals surface area contributed by atoms with Crippen molar-refractivity contribution >= 4 is 5.69 Å². The number of benzene rings is 1. The van der Waals surface area contributed by atoms with E-state index in [0.717, 1.165) is 18.9 Å². The number of ether oxygens (including phenoxy) is 2. The molecule has 80 valence electrons. The lowest BCUT2D eigenvalue weighted by Crippen LogP contribution is -2.36. The molecule has 2 bridgehead atoms. The first kappa shape index (κ1) is 9.04. The van der Waals surface area contributed by atoms with Crippen molar-refractivity contribution in [2.75, 3.05) is 25.2 Å². The minimum atomic E-state index is 0.456. The highest BCUT2D eigenvalue weighted by Crippen LogP contribution is 2.32. The minimum absolute atomic E-state index is 0.456. The molecule has 3 heteroatoms. The van der Waals surface area contributed by atoms with E-state index in [-0.39, 0.29) is 0 Å². The molecule has 0 amide bonds. The largest absolute Gasteiger partial charge is 0.497 e. The molecule has 1 aromatic rings. The van der Waals surface area contributed by atoms with Crippen LogP contribution in [0.25, 0.3) is 0 Å². The van der Waals surface area contributed by atoms with Crippen molar-refractivity contribution in [1.82, 2.24) is 0 Å². The molecule has 1 aromatic carbocycles. The summed E-state index contributed by atoms with van der Waals surface area (Å²) in [4.78, 5) is 2.44. The number of hydrogen-bond acceptors (Lipinski definition) is 3. The summed E-state index contributed by atoms with van der Waals surface area (Å²) >= 11 is 0. The molecule has 2 aliphatic rings. The summed E-state index contributed by atoms with van der Waals surface area (Å²) in [6, 6.07) is 8.87. The van der Waals surface area contributed by atoms with Gasteiger partial charge < -0.3 is 14.4 Å². The summed E-state index contributed by atoms with van der Waals surface area (Å²) in [6.45, 7) is 1.92. The second-order valence-corrected chi connectivity index (χ2v) is 4.20. The van der Waals surface area contributed by atoms with Crippen molar-refractivity contribution in [3.8, 4) is 5.75 Å². The fourth-order valence-corrected chi connectivity index (χ4v) is 2.49. The summed E-state index contributed by atoms with van der Waals surface area (Å²) in [7, 11) is 1.70. The normalized spacial score (nSPS) is 28.5. The maximum atomic E-state index is 5.58. The average molecular weight is 205 g/mol. The van der Waals surface area contributed by atoms with Crippen LogP contribution in [-0.2, 0) is 4.74 Å². The maximum absolute atomic E-state index is 5.58. The fourth-order valence-electron chi connectivity index (χ4n) is 2.49. The number of rotatable bonds is 2. The Bertz CT molecular complexity index is 349. The zero-order valence-corrected chi connectivity index (χ0v) is 8.85. The Labute approximate surface area is 89.6 Å². The summed E-state index contributed by atoms with van der Waals surface area (Å²) in [5.41, 5.74) is 1.28. The van der Waals surface area contributed by atoms with Gasteiger partial charge in [0.1, 0.15) is 5.75 Å². The smallest absolute Gasteiger partial charge is 0.119 e. The van der Waals surface area contributed by atoms with Gasteiger partial charge in [-0.3, -0.25) is 0 Å². The fraction of sp³-hybridized carbons (Fsp3) is 0.500. The summed E-state index contributed by atoms with van der Waals surface area (Å²) in [5, 5.41) is 0. The molecule has 0 radical (unpaired) electrons. The lowest BCUT2D eigenvalue weighted by molar-refractivity contribution is 0.0991. The Morgan fingerprint density at radius 1 is 1.33 bits per heavy atom. The molecule has 0 aliphatic carbocycles. The average Bonchev–Trinajstić information content (AvgIpc) is 2.91. The Hall–Kier alpha value is -1.22. The first-order valence-electron chi connectivity index (χ1n) is 5.39. The Kier molecular flexibility index (Phi) is 2.06. The highest BCUT2D eigenvalue weighted by Gasteiger charge is 2.38. The molecule has 0 N–H and O–H groups in total. The first-order chi connectivity index (χ1) is 7.36. The molecule has 3 nitrogen and oxygen atoms in total. The maximum Gasteiger partial charge on any atom is 0.119 e. The van der Waals surface area contributed by atoms with Crippen LogP contribution in [0, 0.1) is 0 Å². The molecule has 3 rings (SSSR count). The van der Waals surface area contributed by atoms with Crippen molar-refractivity contribution < 1.29 is 9.47 Å². The molecule has 0 saturated carbocycles. The van der Waals surface area contributed by atoms with Crippen molar-refractivity contribution in [2.24, 2.45) is 0 Å². The lowest BCUT2D eigenvalue weighted by Gasteiger charge is -2.28. The second-order valence-electron chi connectivity index (χ2n) is 4.20. The van der Waals surface area contributed by atoms with Crippen molar-refractivity contribution in [3.63, 3.8) is 0 Å². The van der Waals surface area contributed by atoms with E-state index in [1.165, 1.54) is 12.1 Å². The topological polar surface area (TPSA) is 21.7 Å². The molecule has 2 saturated heterocycles. The van der Waals surface area contributed by atoms with Crippen molar-refractivity contribution in [2.45, 2.75) is 18.6 Å². The third-order valence-corrected chi connectivity index (χ3v) is 3.30. The van der Waals surface area contributed by atoms with Gasteiger partial charge in [-0.25, -0.2) is 0 Å². The van der Waals surface area contributed by atoms with Crippen LogP contribution in [0.1, 0.15) is 6.42 Å². The number of methoxy groups -OCH3 is 1. The molecular formula is C12H15NO2. The minimum Gasteiger partial charge on any atom is -0.497 e. The van der Waals surface area contributed by atoms with Crippen LogP contribution in [0.5, 0.6) is 5.75 Å². The predicted molar refractivity (Wildman–Crippen MR) is 58.5 cm³/mol. The van der Waals surface area contributed by atoms with E-state index in [0.29, 0.717) is 12.1 Å². The standard InChI is InChI=1S/C12H15NO2/c1-14-11-4-2-9(3-5-11)13-7-12-6-10(13)8-15-12/h2-5,10,12H,6-8H2,1H3. The summed E-state index contributed by atoms with van der Waals surface area (Å²) in [6.07, 6.45) is 1.64. The Morgan fingerprint density at radius 3 is 2.67 bits per heavy atom. The molecular weight excluding hydrogens is 190 g/mol. The number of nitrogens with zero attached hydrogens (tertiary/aromatic N) is 1. The van der Waals surface area contributed by atoms with Gasteiger partial charge in [0.15, 0.2) is 0 Å². The van der Waals surface area contributed by atoms with E-state index in [1.54, 1.807) is 7.11 Å². The van der Waals surface area contributed by atoms with Gasteiger partial charge in [-0.15, -0.1) is 0 Å². The van der Waals surface area contributed by atoms with Gasteiger partial charge in [-0.05, 0) is 30.7 Å². The van der Waals surface area contributed by atoms with Gasteiger partial charge in [-0.2, -0.15) is 0 Å². The van der Waals surface area contributed by atoms with Gasteiger partial charge in [-0.1, -0.05) is 0 Å². The Morgan fingerprint density at radius 2 is 2.13 bits per heavy atom. The van der Waals surface area contributed by atoms with E-state index in [4.69, 9.17) is 9.47 Å². The van der Waals surface area contributed by atoms with E-state index in [2.05, 4.69) is 17.0 Å². The van der Waals surface area contributed by atoms with Gasteiger partial charge in [0.05, 0.1) is 25.9 Å². The van der Waals surface area contributed by atoms with Crippen LogP contribution >= 0.6 is 0 Å². The number of hydrogen-bond donors (Lipinski definition) is 0. The van der Waals surface area contributed by atoms with E-state index in [1.807, 2.05) is 12.1 Å². The molecule has 2 atom stereocenters. The zero-order chi connectivity index (χ0) is 10.3. The third kappa shape index (κ3) is 1.47. The van der Waals surface area contributed by atoms with E-state index >= 15 is 0 Å². The first-order valence-corrected chi connectivity index (χ1v) is 5.39. The van der Waals surface area contributed by atoms with Gasteiger partial charge in [0, 0.05) is 12.2 Å². The van der Waals surface area contributed by atoms with Crippen LogP contribution in [-0.4, -0.2) is 32.4 Å². The van der Waals surface area contributed by atoms with Crippen molar-refractivity contribution in [3.05, 3.63) is 24.3 Å². The molecule has 2 fully saturated rings. The number of anilines is 1. The van der Waals surface area contributed by atoms with Crippen LogP contribution in [0.15, 0.2) is 24.3 Å². The quantitative estimate of drug-likeness (QED) is 0.733. The van der Waals surface area contributed by atoms with Gasteiger partial charge >= 0.3 is 0 Å². The molecule has 2 aliphatic heterocycles. The number of fused-ring (bicyclic) bond motifs is 2. The summed E-state index contributed by atoms with van der Waals surface area (Å²) < 4.78 is 10.7. The van der Waals surface area contributed by atoms with Gasteiger partial charge in [0.2, 0.25) is 0 Å². The SMILES string of the molecule is COc1ccc(N2CC3CC2CO3)cc1. The second kappa shape index (κ2) is 3.42. The highest BCUT2D eigenvalue weighted by atomic mass is 16.5. The van der Waals surface area contributed by atoms with Gasteiger partial charge in [0.25, 0.3) is 0 Å². The molecule has 15 heavy (non-hydrogen) atoms. The van der Waals surface area contributed by atoms with Crippen LogP contribution in [0.4, 0.5) is 5.69 Å².